The van der Waals surface area contributed by atoms with Gasteiger partial charge in [0, 0.05) is 12.2 Å². The molecule has 1 rings (SSSR count). The molecule has 1 aromatic carbocycles. The average molecular weight is 322 g/mol. The highest BCUT2D eigenvalue weighted by molar-refractivity contribution is 7.80. The summed E-state index contributed by atoms with van der Waals surface area (Å²) < 4.78 is 37.6. The summed E-state index contributed by atoms with van der Waals surface area (Å²) in [6, 6.07) is 4.73. The number of anilines is 1. The van der Waals surface area contributed by atoms with Crippen molar-refractivity contribution >= 4 is 40.3 Å². The highest BCUT2D eigenvalue weighted by atomic mass is 32.1. The largest absolute Gasteiger partial charge is 0.416 e. The molecule has 0 spiro atoms. The molecular weight excluding hydrogens is 309 g/mol. The smallest absolute Gasteiger partial charge is 0.362 e. The number of hydrazine groups is 1. The van der Waals surface area contributed by atoms with Crippen LogP contribution in [0.5, 0.6) is 0 Å². The zero-order chi connectivity index (χ0) is 15.2. The first-order chi connectivity index (χ1) is 9.32. The summed E-state index contributed by atoms with van der Waals surface area (Å²) in [6.07, 6.45) is -4.39. The summed E-state index contributed by atoms with van der Waals surface area (Å²) in [7, 11) is 0. The molecule has 0 radical (unpaired) electrons. The number of benzene rings is 1. The van der Waals surface area contributed by atoms with Crippen LogP contribution in [-0.2, 0) is 6.18 Å². The molecule has 0 unspecified atom stereocenters. The molecule has 0 amide bonds. The van der Waals surface area contributed by atoms with E-state index < -0.39 is 11.7 Å². The van der Waals surface area contributed by atoms with Crippen LogP contribution in [0.25, 0.3) is 0 Å². The van der Waals surface area contributed by atoms with Crippen LogP contribution in [0, 0.1) is 0 Å². The molecule has 0 atom stereocenters. The van der Waals surface area contributed by atoms with Gasteiger partial charge in [0.05, 0.1) is 5.56 Å². The zero-order valence-corrected chi connectivity index (χ0v) is 12.1. The van der Waals surface area contributed by atoms with Crippen LogP contribution in [0.15, 0.2) is 24.3 Å². The van der Waals surface area contributed by atoms with Gasteiger partial charge in [-0.25, -0.2) is 0 Å². The molecule has 0 aliphatic rings. The van der Waals surface area contributed by atoms with Crippen LogP contribution in [-0.4, -0.2) is 16.8 Å². The van der Waals surface area contributed by atoms with Crippen molar-refractivity contribution in [3.8, 4) is 0 Å². The standard InChI is InChI=1S/C11H13F3N4S2/c1-2-15-9(19)17-18-10(20)16-8-5-3-4-7(6-8)11(12,13)14/h3-6H,2H2,1H3,(H2,15,17,19)(H2,16,18,20). The van der Waals surface area contributed by atoms with Crippen LogP contribution in [0.2, 0.25) is 0 Å². The topological polar surface area (TPSA) is 48.1 Å². The fourth-order valence-corrected chi connectivity index (χ4v) is 1.62. The Hall–Kier alpha value is -1.61. The quantitative estimate of drug-likeness (QED) is 0.495. The van der Waals surface area contributed by atoms with Crippen LogP contribution in [0.4, 0.5) is 18.9 Å². The number of rotatable bonds is 2. The summed E-state index contributed by atoms with van der Waals surface area (Å²) in [5, 5.41) is 5.87. The highest BCUT2D eigenvalue weighted by Crippen LogP contribution is 2.30. The molecule has 4 N–H and O–H groups in total. The maximum atomic E-state index is 12.5. The Balaban J connectivity index is 2.56. The van der Waals surface area contributed by atoms with E-state index in [4.69, 9.17) is 24.4 Å². The molecule has 0 saturated heterocycles. The van der Waals surface area contributed by atoms with Gasteiger partial charge in [-0.1, -0.05) is 6.07 Å². The SMILES string of the molecule is CCNC(=S)NNC(=S)Nc1cccc(C(F)(F)F)c1. The van der Waals surface area contributed by atoms with Crippen LogP contribution >= 0.6 is 24.4 Å². The van der Waals surface area contributed by atoms with Crippen LogP contribution in [0.3, 0.4) is 0 Å². The van der Waals surface area contributed by atoms with Gasteiger partial charge in [-0.3, -0.25) is 10.9 Å². The third kappa shape index (κ3) is 5.57. The second-order valence-electron chi connectivity index (χ2n) is 3.64. The summed E-state index contributed by atoms with van der Waals surface area (Å²) >= 11 is 9.81. The van der Waals surface area contributed by atoms with Crippen molar-refractivity contribution in [1.82, 2.24) is 16.2 Å². The summed E-state index contributed by atoms with van der Waals surface area (Å²) in [4.78, 5) is 0. The van der Waals surface area contributed by atoms with E-state index in [1.54, 1.807) is 0 Å². The number of nitrogens with one attached hydrogen (secondary N) is 4. The van der Waals surface area contributed by atoms with Gasteiger partial charge in [-0.15, -0.1) is 0 Å². The Labute approximate surface area is 125 Å². The van der Waals surface area contributed by atoms with E-state index in [0.29, 0.717) is 11.7 Å². The maximum Gasteiger partial charge on any atom is 0.416 e. The van der Waals surface area contributed by atoms with Crippen molar-refractivity contribution < 1.29 is 13.2 Å². The summed E-state index contributed by atoms with van der Waals surface area (Å²) in [6.45, 7) is 2.51. The number of alkyl halides is 3. The molecule has 0 saturated carbocycles. The van der Waals surface area contributed by atoms with Gasteiger partial charge in [0.2, 0.25) is 0 Å². The first-order valence-corrected chi connectivity index (χ1v) is 6.42. The predicted octanol–water partition coefficient (Wildman–Crippen LogP) is 2.39. The van der Waals surface area contributed by atoms with E-state index in [2.05, 4.69) is 21.5 Å². The van der Waals surface area contributed by atoms with E-state index >= 15 is 0 Å². The Kier molecular flexibility index (Phi) is 5.96. The molecule has 0 fully saturated rings. The van der Waals surface area contributed by atoms with Gasteiger partial charge >= 0.3 is 6.18 Å². The van der Waals surface area contributed by atoms with E-state index in [0.717, 1.165) is 12.1 Å². The summed E-state index contributed by atoms with van der Waals surface area (Å²) in [5.41, 5.74) is 4.63. The van der Waals surface area contributed by atoms with Crippen LogP contribution < -0.4 is 21.5 Å². The molecule has 110 valence electrons. The summed E-state index contributed by atoms with van der Waals surface area (Å²) in [5.74, 6) is 0. The minimum Gasteiger partial charge on any atom is -0.362 e. The molecule has 0 aliphatic carbocycles. The minimum absolute atomic E-state index is 0.101. The van der Waals surface area contributed by atoms with Gasteiger partial charge in [0.25, 0.3) is 0 Å². The Morgan fingerprint density at radius 1 is 1.15 bits per heavy atom. The third-order valence-corrected chi connectivity index (χ3v) is 2.53. The van der Waals surface area contributed by atoms with E-state index in [-0.39, 0.29) is 10.8 Å². The highest BCUT2D eigenvalue weighted by Gasteiger charge is 2.30. The van der Waals surface area contributed by atoms with Crippen molar-refractivity contribution in [2.75, 3.05) is 11.9 Å². The lowest BCUT2D eigenvalue weighted by atomic mass is 10.2. The van der Waals surface area contributed by atoms with Gasteiger partial charge in [-0.05, 0) is 49.6 Å². The monoisotopic (exact) mass is 322 g/mol. The Morgan fingerprint density at radius 3 is 2.40 bits per heavy atom. The normalized spacial score (nSPS) is 10.6. The molecule has 0 heterocycles. The lowest BCUT2D eigenvalue weighted by Crippen LogP contribution is -2.48. The van der Waals surface area contributed by atoms with Crippen molar-refractivity contribution in [3.05, 3.63) is 29.8 Å². The van der Waals surface area contributed by atoms with E-state index in [9.17, 15) is 13.2 Å². The fourth-order valence-electron chi connectivity index (χ4n) is 1.25. The zero-order valence-electron chi connectivity index (χ0n) is 10.5. The van der Waals surface area contributed by atoms with Gasteiger partial charge in [0.15, 0.2) is 10.2 Å². The maximum absolute atomic E-state index is 12.5. The molecule has 0 bridgehead atoms. The molecule has 4 nitrogen and oxygen atoms in total. The second-order valence-corrected chi connectivity index (χ2v) is 4.46. The van der Waals surface area contributed by atoms with Gasteiger partial charge in [-0.2, -0.15) is 13.2 Å². The first kappa shape index (κ1) is 16.4. The van der Waals surface area contributed by atoms with Crippen LogP contribution in [0.1, 0.15) is 12.5 Å². The Bertz CT molecular complexity index is 491. The minimum atomic E-state index is -4.39. The van der Waals surface area contributed by atoms with Crippen molar-refractivity contribution in [3.63, 3.8) is 0 Å². The molecular formula is C11H13F3N4S2. The number of thiocarbonyl (C=S) groups is 2. The van der Waals surface area contributed by atoms with E-state index in [1.165, 1.54) is 12.1 Å². The second kappa shape index (κ2) is 7.25. The van der Waals surface area contributed by atoms with Gasteiger partial charge < -0.3 is 10.6 Å². The Morgan fingerprint density at radius 2 is 1.80 bits per heavy atom. The van der Waals surface area contributed by atoms with Crippen molar-refractivity contribution in [2.24, 2.45) is 0 Å². The first-order valence-electron chi connectivity index (χ1n) is 5.61. The van der Waals surface area contributed by atoms with E-state index in [1.807, 2.05) is 6.92 Å². The third-order valence-electron chi connectivity index (χ3n) is 2.07. The fraction of sp³-hybridized carbons (Fsp3) is 0.273. The number of hydrogen-bond acceptors (Lipinski definition) is 2. The lowest BCUT2D eigenvalue weighted by Gasteiger charge is -2.14. The molecule has 20 heavy (non-hydrogen) atoms. The lowest BCUT2D eigenvalue weighted by molar-refractivity contribution is -0.137. The van der Waals surface area contributed by atoms with Gasteiger partial charge in [0.1, 0.15) is 0 Å². The predicted molar refractivity (Wildman–Crippen MR) is 80.2 cm³/mol. The molecule has 9 heteroatoms. The number of halogens is 3. The molecule has 0 aliphatic heterocycles. The number of hydrogen-bond donors (Lipinski definition) is 4. The average Bonchev–Trinajstić information content (AvgIpc) is 2.36. The molecule has 0 aromatic heterocycles. The van der Waals surface area contributed by atoms with Crippen molar-refractivity contribution in [1.29, 1.82) is 0 Å². The molecule has 1 aromatic rings. The van der Waals surface area contributed by atoms with Crippen molar-refractivity contribution in [2.45, 2.75) is 13.1 Å².